The first kappa shape index (κ1) is 20.7. The number of fused-ring (bicyclic) bond motifs is 2. The number of carbonyl (C=O) groups excluding carboxylic acids is 1. The summed E-state index contributed by atoms with van der Waals surface area (Å²) in [6.45, 7) is 5.87. The second kappa shape index (κ2) is 8.38. The summed E-state index contributed by atoms with van der Waals surface area (Å²) in [5, 5.41) is 11.4. The fourth-order valence-electron chi connectivity index (χ4n) is 3.77. The highest BCUT2D eigenvalue weighted by atomic mass is 16.5. The van der Waals surface area contributed by atoms with Crippen molar-refractivity contribution in [2.24, 2.45) is 0 Å². The van der Waals surface area contributed by atoms with Crippen molar-refractivity contribution in [3.05, 3.63) is 72.2 Å². The fourth-order valence-corrected chi connectivity index (χ4v) is 3.77. The molecule has 1 amide bonds. The molecule has 3 aromatic heterocycles. The third-order valence-corrected chi connectivity index (χ3v) is 5.39. The Morgan fingerprint density at radius 3 is 2.58 bits per heavy atom. The molecule has 0 aliphatic rings. The summed E-state index contributed by atoms with van der Waals surface area (Å²) in [4.78, 5) is 24.8. The van der Waals surface area contributed by atoms with Crippen molar-refractivity contribution in [1.29, 1.82) is 0 Å². The Balaban J connectivity index is 1.43. The number of aromatic nitrogens is 5. The van der Waals surface area contributed by atoms with Crippen LogP contribution in [0.15, 0.2) is 60.8 Å². The molecule has 1 unspecified atom stereocenters. The van der Waals surface area contributed by atoms with Crippen LogP contribution < -0.4 is 10.1 Å². The molecule has 8 heteroatoms. The number of hydrogen-bond acceptors (Lipinski definition) is 5. The third kappa shape index (κ3) is 4.15. The molecule has 166 valence electrons. The molecule has 3 heterocycles. The number of rotatable bonds is 6. The predicted molar refractivity (Wildman–Crippen MR) is 127 cm³/mol. The number of nitrogens with zero attached hydrogens (tertiary/aromatic N) is 3. The molecule has 0 aliphatic carbocycles. The van der Waals surface area contributed by atoms with Crippen LogP contribution >= 0.6 is 0 Å². The number of imidazole rings is 1. The molecule has 0 spiro atoms. The summed E-state index contributed by atoms with van der Waals surface area (Å²) < 4.78 is 5.62. The topological polar surface area (TPSA) is 109 Å². The van der Waals surface area contributed by atoms with Crippen LogP contribution in [-0.4, -0.2) is 37.2 Å². The standard InChI is InChI=1S/C25H24N6O2/c1-14(2)33-22-10-9-17(13-26-22)23-18-11-20-21(12-19(18)30-31-23)29-24(28-20)25(32)27-15(3)16-7-5-4-6-8-16/h4-15H,1-3H3,(H,27,32)(H,28,29)(H,30,31). The number of carbonyl (C=O) groups is 1. The third-order valence-electron chi connectivity index (χ3n) is 5.39. The van der Waals surface area contributed by atoms with Crippen LogP contribution in [0.1, 0.15) is 43.0 Å². The lowest BCUT2D eigenvalue weighted by molar-refractivity contribution is 0.0930. The van der Waals surface area contributed by atoms with E-state index in [1.54, 1.807) is 6.20 Å². The minimum absolute atomic E-state index is 0.0598. The lowest BCUT2D eigenvalue weighted by Crippen LogP contribution is -2.27. The molecule has 0 radical (unpaired) electrons. The van der Waals surface area contributed by atoms with E-state index in [1.807, 2.05) is 75.4 Å². The van der Waals surface area contributed by atoms with Crippen LogP contribution in [0, 0.1) is 0 Å². The van der Waals surface area contributed by atoms with Crippen molar-refractivity contribution in [2.45, 2.75) is 32.9 Å². The molecule has 0 bridgehead atoms. The first-order valence-electron chi connectivity index (χ1n) is 10.8. The SMILES string of the molecule is CC(C)Oc1ccc(-c2n[nH]c3cc4[nH]c(C(=O)NC(C)c5ccccc5)nc4cc23)cn1. The van der Waals surface area contributed by atoms with E-state index in [4.69, 9.17) is 4.74 Å². The Morgan fingerprint density at radius 1 is 1.03 bits per heavy atom. The quantitative estimate of drug-likeness (QED) is 0.352. The Kier molecular flexibility index (Phi) is 5.26. The summed E-state index contributed by atoms with van der Waals surface area (Å²) in [5.74, 6) is 0.588. The van der Waals surface area contributed by atoms with Crippen LogP contribution in [0.4, 0.5) is 0 Å². The van der Waals surface area contributed by atoms with Gasteiger partial charge in [0.1, 0.15) is 5.69 Å². The predicted octanol–water partition coefficient (Wildman–Crippen LogP) is 4.78. The summed E-state index contributed by atoms with van der Waals surface area (Å²) in [5.41, 5.74) is 4.95. The van der Waals surface area contributed by atoms with Crippen LogP contribution in [0.5, 0.6) is 5.88 Å². The number of hydrogen-bond donors (Lipinski definition) is 3. The van der Waals surface area contributed by atoms with E-state index in [9.17, 15) is 4.79 Å². The van der Waals surface area contributed by atoms with Crippen LogP contribution in [-0.2, 0) is 0 Å². The van der Waals surface area contributed by atoms with E-state index in [0.29, 0.717) is 11.4 Å². The maximum atomic E-state index is 12.8. The van der Waals surface area contributed by atoms with Gasteiger partial charge in [0.15, 0.2) is 5.82 Å². The number of pyridine rings is 1. The molecule has 5 aromatic rings. The Hall–Kier alpha value is -4.20. The molecule has 3 N–H and O–H groups in total. The molecule has 0 saturated heterocycles. The van der Waals surface area contributed by atoms with E-state index in [0.717, 1.165) is 33.2 Å². The van der Waals surface area contributed by atoms with Crippen LogP contribution in [0.2, 0.25) is 0 Å². The molecule has 8 nitrogen and oxygen atoms in total. The van der Waals surface area contributed by atoms with Gasteiger partial charge in [-0.3, -0.25) is 9.89 Å². The van der Waals surface area contributed by atoms with Crippen molar-refractivity contribution in [1.82, 2.24) is 30.5 Å². The van der Waals surface area contributed by atoms with Gasteiger partial charge in [-0.2, -0.15) is 5.10 Å². The van der Waals surface area contributed by atoms with Gasteiger partial charge in [-0.1, -0.05) is 30.3 Å². The van der Waals surface area contributed by atoms with E-state index < -0.39 is 0 Å². The molecule has 0 aliphatic heterocycles. The zero-order chi connectivity index (χ0) is 22.9. The summed E-state index contributed by atoms with van der Waals surface area (Å²) in [7, 11) is 0. The highest BCUT2D eigenvalue weighted by Crippen LogP contribution is 2.29. The van der Waals surface area contributed by atoms with E-state index in [1.165, 1.54) is 0 Å². The molecule has 1 atom stereocenters. The maximum absolute atomic E-state index is 12.8. The summed E-state index contributed by atoms with van der Waals surface area (Å²) in [6, 6.07) is 17.3. The normalized spacial score (nSPS) is 12.4. The highest BCUT2D eigenvalue weighted by Gasteiger charge is 2.17. The first-order valence-corrected chi connectivity index (χ1v) is 10.8. The zero-order valence-electron chi connectivity index (χ0n) is 18.6. The van der Waals surface area contributed by atoms with Gasteiger partial charge in [0.2, 0.25) is 5.88 Å². The van der Waals surface area contributed by atoms with Crippen LogP contribution in [0.3, 0.4) is 0 Å². The second-order valence-corrected chi connectivity index (χ2v) is 8.23. The van der Waals surface area contributed by atoms with Crippen molar-refractivity contribution in [3.63, 3.8) is 0 Å². The molecule has 0 saturated carbocycles. The highest BCUT2D eigenvalue weighted by molar-refractivity contribution is 6.02. The number of ether oxygens (including phenoxy) is 1. The van der Waals surface area contributed by atoms with Gasteiger partial charge < -0.3 is 15.0 Å². The second-order valence-electron chi connectivity index (χ2n) is 8.23. The van der Waals surface area contributed by atoms with Gasteiger partial charge in [-0.15, -0.1) is 0 Å². The molecular formula is C25H24N6O2. The van der Waals surface area contributed by atoms with Crippen molar-refractivity contribution < 1.29 is 9.53 Å². The largest absolute Gasteiger partial charge is 0.475 e. The number of nitrogens with one attached hydrogen (secondary N) is 3. The molecule has 33 heavy (non-hydrogen) atoms. The first-order chi connectivity index (χ1) is 16.0. The maximum Gasteiger partial charge on any atom is 0.287 e. The van der Waals surface area contributed by atoms with E-state index >= 15 is 0 Å². The lowest BCUT2D eigenvalue weighted by atomic mass is 10.1. The average Bonchev–Trinajstić information content (AvgIpc) is 3.42. The van der Waals surface area contributed by atoms with Crippen molar-refractivity contribution in [3.8, 4) is 17.1 Å². The number of aromatic amines is 2. The van der Waals surface area contributed by atoms with Gasteiger partial charge in [0, 0.05) is 23.2 Å². The van der Waals surface area contributed by atoms with Gasteiger partial charge >= 0.3 is 0 Å². The minimum Gasteiger partial charge on any atom is -0.475 e. The molecular weight excluding hydrogens is 416 g/mol. The van der Waals surface area contributed by atoms with Gasteiger partial charge in [-0.05, 0) is 44.5 Å². The van der Waals surface area contributed by atoms with Gasteiger partial charge in [0.25, 0.3) is 5.91 Å². The monoisotopic (exact) mass is 440 g/mol. The Bertz CT molecular complexity index is 1420. The van der Waals surface area contributed by atoms with E-state index in [-0.39, 0.29) is 23.9 Å². The summed E-state index contributed by atoms with van der Waals surface area (Å²) >= 11 is 0. The fraction of sp³-hybridized carbons (Fsp3) is 0.200. The number of amides is 1. The molecule has 5 rings (SSSR count). The average molecular weight is 441 g/mol. The summed E-state index contributed by atoms with van der Waals surface area (Å²) in [6.07, 6.45) is 1.80. The van der Waals surface area contributed by atoms with E-state index in [2.05, 4.69) is 30.5 Å². The van der Waals surface area contributed by atoms with Gasteiger partial charge in [-0.25, -0.2) is 9.97 Å². The zero-order valence-corrected chi connectivity index (χ0v) is 18.6. The Morgan fingerprint density at radius 2 is 1.85 bits per heavy atom. The van der Waals surface area contributed by atoms with Gasteiger partial charge in [0.05, 0.1) is 28.7 Å². The molecule has 0 fully saturated rings. The van der Waals surface area contributed by atoms with Crippen LogP contribution in [0.25, 0.3) is 33.2 Å². The van der Waals surface area contributed by atoms with Crippen molar-refractivity contribution in [2.75, 3.05) is 0 Å². The minimum atomic E-state index is -0.255. The Labute approximate surface area is 190 Å². The smallest absolute Gasteiger partial charge is 0.287 e. The van der Waals surface area contributed by atoms with Crippen molar-refractivity contribution >= 4 is 27.8 Å². The number of benzene rings is 2. The lowest BCUT2D eigenvalue weighted by Gasteiger charge is -2.12. The number of H-pyrrole nitrogens is 2. The molecule has 2 aromatic carbocycles.